The third kappa shape index (κ3) is 7.39. The lowest BCUT2D eigenvalue weighted by molar-refractivity contribution is -0.116. The van der Waals surface area contributed by atoms with E-state index in [1.54, 1.807) is 7.05 Å². The summed E-state index contributed by atoms with van der Waals surface area (Å²) >= 11 is 3.37. The first-order valence-corrected chi connectivity index (χ1v) is 9.00. The summed E-state index contributed by atoms with van der Waals surface area (Å²) in [5.74, 6) is 0.668. The number of rotatable bonds is 7. The maximum Gasteiger partial charge on any atom is 0.226 e. The van der Waals surface area contributed by atoms with Crippen molar-refractivity contribution in [3.63, 3.8) is 0 Å². The predicted molar refractivity (Wildman–Crippen MR) is 107 cm³/mol. The molecule has 1 amide bonds. The molecule has 0 bridgehead atoms. The number of anilines is 1. The van der Waals surface area contributed by atoms with Gasteiger partial charge in [-0.25, -0.2) is 0 Å². The van der Waals surface area contributed by atoms with Crippen LogP contribution in [0, 0.1) is 0 Å². The Morgan fingerprint density at radius 3 is 2.36 bits per heavy atom. The lowest BCUT2D eigenvalue weighted by Gasteiger charge is -2.12. The maximum atomic E-state index is 11.9. The number of nitrogens with one attached hydrogen (secondary N) is 3. The average Bonchev–Trinajstić information content (AvgIpc) is 2.63. The van der Waals surface area contributed by atoms with Gasteiger partial charge in [0.15, 0.2) is 5.96 Å². The molecular weight excluding hydrogens is 380 g/mol. The van der Waals surface area contributed by atoms with Gasteiger partial charge in [0.25, 0.3) is 0 Å². The van der Waals surface area contributed by atoms with Gasteiger partial charge in [-0.15, -0.1) is 0 Å². The van der Waals surface area contributed by atoms with Gasteiger partial charge in [0, 0.05) is 36.7 Å². The van der Waals surface area contributed by atoms with Crippen LogP contribution in [0.5, 0.6) is 0 Å². The van der Waals surface area contributed by atoms with E-state index in [1.165, 1.54) is 5.56 Å². The van der Waals surface area contributed by atoms with Gasteiger partial charge in [-0.1, -0.05) is 46.3 Å². The molecule has 2 aromatic carbocycles. The Morgan fingerprint density at radius 1 is 1.00 bits per heavy atom. The first-order chi connectivity index (χ1) is 12.2. The van der Waals surface area contributed by atoms with Gasteiger partial charge in [0.2, 0.25) is 5.91 Å². The van der Waals surface area contributed by atoms with Gasteiger partial charge in [-0.05, 0) is 36.2 Å². The zero-order chi connectivity index (χ0) is 17.9. The molecule has 5 nitrogen and oxygen atoms in total. The number of carbonyl (C=O) groups is 1. The van der Waals surface area contributed by atoms with Crippen LogP contribution in [0.4, 0.5) is 5.69 Å². The summed E-state index contributed by atoms with van der Waals surface area (Å²) in [7, 11) is 1.72. The van der Waals surface area contributed by atoms with Gasteiger partial charge in [-0.2, -0.15) is 0 Å². The molecule has 0 spiro atoms. The molecule has 0 saturated heterocycles. The lowest BCUT2D eigenvalue weighted by atomic mass is 10.1. The minimum absolute atomic E-state index is 0.0328. The zero-order valence-corrected chi connectivity index (χ0v) is 15.8. The molecular formula is C19H23BrN4O. The molecule has 0 aliphatic heterocycles. The number of amides is 1. The first-order valence-electron chi connectivity index (χ1n) is 8.21. The number of hydrogen-bond acceptors (Lipinski definition) is 2. The monoisotopic (exact) mass is 402 g/mol. The Bertz CT molecular complexity index is 686. The van der Waals surface area contributed by atoms with Crippen molar-refractivity contribution in [2.75, 3.05) is 25.5 Å². The lowest BCUT2D eigenvalue weighted by Crippen LogP contribution is -2.39. The van der Waals surface area contributed by atoms with E-state index in [-0.39, 0.29) is 5.91 Å². The van der Waals surface area contributed by atoms with Gasteiger partial charge in [0.05, 0.1) is 0 Å². The largest absolute Gasteiger partial charge is 0.356 e. The van der Waals surface area contributed by atoms with Crippen LogP contribution in [0.25, 0.3) is 0 Å². The topological polar surface area (TPSA) is 65.5 Å². The molecule has 132 valence electrons. The van der Waals surface area contributed by atoms with E-state index in [4.69, 9.17) is 0 Å². The third-order valence-electron chi connectivity index (χ3n) is 3.55. The number of benzene rings is 2. The number of carbonyl (C=O) groups excluding carboxylic acids is 1. The molecule has 0 fully saturated rings. The van der Waals surface area contributed by atoms with Crippen molar-refractivity contribution in [1.82, 2.24) is 10.6 Å². The van der Waals surface area contributed by atoms with Gasteiger partial charge >= 0.3 is 0 Å². The highest BCUT2D eigenvalue weighted by molar-refractivity contribution is 9.10. The van der Waals surface area contributed by atoms with Crippen LogP contribution in [0.1, 0.15) is 12.0 Å². The molecule has 0 aromatic heterocycles. The smallest absolute Gasteiger partial charge is 0.226 e. The van der Waals surface area contributed by atoms with E-state index in [1.807, 2.05) is 42.5 Å². The molecule has 25 heavy (non-hydrogen) atoms. The Kier molecular flexibility index (Phi) is 7.98. The van der Waals surface area contributed by atoms with Crippen molar-refractivity contribution < 1.29 is 4.79 Å². The molecule has 0 atom stereocenters. The highest BCUT2D eigenvalue weighted by Crippen LogP contribution is 2.14. The standard InChI is InChI=1S/C19H23BrN4O/c1-21-19(22-13-11-15-5-3-2-4-6-15)23-14-12-18(25)24-17-9-7-16(20)8-10-17/h2-10H,11-14H2,1H3,(H,24,25)(H2,21,22,23). The number of guanidine groups is 1. The van der Waals surface area contributed by atoms with Crippen molar-refractivity contribution in [2.24, 2.45) is 4.99 Å². The fourth-order valence-corrected chi connectivity index (χ4v) is 2.51. The summed E-state index contributed by atoms with van der Waals surface area (Å²) in [6.45, 7) is 1.31. The first kappa shape index (κ1) is 19.0. The van der Waals surface area contributed by atoms with Crippen LogP contribution in [-0.2, 0) is 11.2 Å². The SMILES string of the molecule is CN=C(NCCC(=O)Nc1ccc(Br)cc1)NCCc1ccccc1. The zero-order valence-electron chi connectivity index (χ0n) is 14.3. The van der Waals surface area contributed by atoms with Gasteiger partial charge in [-0.3, -0.25) is 9.79 Å². The van der Waals surface area contributed by atoms with Crippen LogP contribution in [-0.4, -0.2) is 32.0 Å². The Labute approximate surface area is 157 Å². The van der Waals surface area contributed by atoms with Crippen molar-refractivity contribution in [3.8, 4) is 0 Å². The van der Waals surface area contributed by atoms with Gasteiger partial charge < -0.3 is 16.0 Å². The van der Waals surface area contributed by atoms with E-state index < -0.39 is 0 Å². The fourth-order valence-electron chi connectivity index (χ4n) is 2.24. The summed E-state index contributed by atoms with van der Waals surface area (Å²) in [6.07, 6.45) is 1.29. The summed E-state index contributed by atoms with van der Waals surface area (Å²) in [5.41, 5.74) is 2.07. The number of hydrogen-bond donors (Lipinski definition) is 3. The molecule has 6 heteroatoms. The Morgan fingerprint density at radius 2 is 1.68 bits per heavy atom. The minimum atomic E-state index is -0.0328. The van der Waals surface area contributed by atoms with Crippen molar-refractivity contribution in [1.29, 1.82) is 0 Å². The summed E-state index contributed by atoms with van der Waals surface area (Å²) in [4.78, 5) is 16.1. The molecule has 2 rings (SSSR count). The van der Waals surface area contributed by atoms with E-state index in [2.05, 4.69) is 49.0 Å². The van der Waals surface area contributed by atoms with E-state index in [0.29, 0.717) is 18.9 Å². The van der Waals surface area contributed by atoms with E-state index >= 15 is 0 Å². The van der Waals surface area contributed by atoms with Gasteiger partial charge in [0.1, 0.15) is 0 Å². The maximum absolute atomic E-state index is 11.9. The van der Waals surface area contributed by atoms with E-state index in [9.17, 15) is 4.79 Å². The summed E-state index contributed by atoms with van der Waals surface area (Å²) in [6, 6.07) is 17.8. The molecule has 0 radical (unpaired) electrons. The molecule has 0 saturated carbocycles. The Balaban J connectivity index is 1.64. The fraction of sp³-hybridized carbons (Fsp3) is 0.263. The van der Waals surface area contributed by atoms with Crippen molar-refractivity contribution >= 4 is 33.5 Å². The van der Waals surface area contributed by atoms with Crippen LogP contribution in [0.3, 0.4) is 0 Å². The molecule has 0 aliphatic rings. The number of nitrogens with zero attached hydrogens (tertiary/aromatic N) is 1. The Hall–Kier alpha value is -2.34. The molecule has 0 aliphatic carbocycles. The summed E-state index contributed by atoms with van der Waals surface area (Å²) in [5, 5.41) is 9.27. The second kappa shape index (κ2) is 10.5. The highest BCUT2D eigenvalue weighted by Gasteiger charge is 2.03. The number of halogens is 1. The van der Waals surface area contributed by atoms with Crippen LogP contribution >= 0.6 is 15.9 Å². The summed E-state index contributed by atoms with van der Waals surface area (Å²) < 4.78 is 0.984. The van der Waals surface area contributed by atoms with Crippen molar-refractivity contribution in [2.45, 2.75) is 12.8 Å². The van der Waals surface area contributed by atoms with Crippen LogP contribution in [0.2, 0.25) is 0 Å². The molecule has 0 unspecified atom stereocenters. The average molecular weight is 403 g/mol. The second-order valence-corrected chi connectivity index (χ2v) is 6.38. The van der Waals surface area contributed by atoms with Crippen LogP contribution in [0.15, 0.2) is 64.1 Å². The molecule has 0 heterocycles. The quantitative estimate of drug-likeness (QED) is 0.492. The van der Waals surface area contributed by atoms with Crippen LogP contribution < -0.4 is 16.0 Å². The minimum Gasteiger partial charge on any atom is -0.356 e. The van der Waals surface area contributed by atoms with Crippen molar-refractivity contribution in [3.05, 3.63) is 64.6 Å². The number of aliphatic imine (C=N–C) groups is 1. The highest BCUT2D eigenvalue weighted by atomic mass is 79.9. The van der Waals surface area contributed by atoms with E-state index in [0.717, 1.165) is 23.1 Å². The predicted octanol–water partition coefficient (Wildman–Crippen LogP) is 3.19. The molecule has 2 aromatic rings. The normalized spacial score (nSPS) is 11.0. The molecule has 3 N–H and O–H groups in total. The third-order valence-corrected chi connectivity index (χ3v) is 4.07. The second-order valence-electron chi connectivity index (χ2n) is 5.47.